The fraction of sp³-hybridized carbons (Fsp3) is 0.929. The first-order valence-electron chi connectivity index (χ1n) is 7.10. The van der Waals surface area contributed by atoms with E-state index in [1.54, 1.807) is 0 Å². The predicted octanol–water partition coefficient (Wildman–Crippen LogP) is 3.53. The Kier molecular flexibility index (Phi) is 4.78. The fourth-order valence-electron chi connectivity index (χ4n) is 2.91. The van der Waals surface area contributed by atoms with Crippen LogP contribution in [0.2, 0.25) is 0 Å². The van der Waals surface area contributed by atoms with Gasteiger partial charge in [-0.05, 0) is 30.6 Å². The molecule has 1 heterocycles. The zero-order chi connectivity index (χ0) is 12.3. The van der Waals surface area contributed by atoms with E-state index in [2.05, 4.69) is 31.1 Å². The van der Waals surface area contributed by atoms with E-state index in [1.165, 1.54) is 30.9 Å². The first-order chi connectivity index (χ1) is 8.15. The van der Waals surface area contributed by atoms with Crippen molar-refractivity contribution in [2.45, 2.75) is 51.7 Å². The Hall–Kier alpha value is -0.180. The Balaban J connectivity index is 1.67. The van der Waals surface area contributed by atoms with Crippen LogP contribution in [0.4, 0.5) is 0 Å². The van der Waals surface area contributed by atoms with Crippen LogP contribution >= 0.6 is 11.8 Å². The standard InChI is InChI=1S/C14H26N2S/c1-10(2)7-13-9-16-14(17-13)15-8-12-6-4-5-11(12)3/h10-13H,4-9H2,1-3H3,(H,15,16). The van der Waals surface area contributed by atoms with E-state index < -0.39 is 0 Å². The molecule has 98 valence electrons. The smallest absolute Gasteiger partial charge is 0.156 e. The van der Waals surface area contributed by atoms with Gasteiger partial charge in [0, 0.05) is 11.8 Å². The van der Waals surface area contributed by atoms with Crippen molar-refractivity contribution >= 4 is 16.9 Å². The first kappa shape index (κ1) is 13.3. The van der Waals surface area contributed by atoms with Gasteiger partial charge in [0.1, 0.15) is 0 Å². The summed E-state index contributed by atoms with van der Waals surface area (Å²) in [6.45, 7) is 9.15. The van der Waals surface area contributed by atoms with Crippen LogP contribution in [0.3, 0.4) is 0 Å². The van der Waals surface area contributed by atoms with Gasteiger partial charge in [-0.25, -0.2) is 0 Å². The Morgan fingerprint density at radius 3 is 2.88 bits per heavy atom. The predicted molar refractivity (Wildman–Crippen MR) is 77.6 cm³/mol. The SMILES string of the molecule is CC(C)CC1CN=C(NCC2CCCC2C)S1. The van der Waals surface area contributed by atoms with Gasteiger partial charge in [0.15, 0.2) is 5.17 Å². The van der Waals surface area contributed by atoms with E-state index in [-0.39, 0.29) is 0 Å². The molecule has 1 saturated carbocycles. The van der Waals surface area contributed by atoms with Gasteiger partial charge in [-0.1, -0.05) is 45.4 Å². The van der Waals surface area contributed by atoms with Gasteiger partial charge in [-0.15, -0.1) is 0 Å². The van der Waals surface area contributed by atoms with Gasteiger partial charge < -0.3 is 5.32 Å². The number of hydrogen-bond donors (Lipinski definition) is 1. The number of thioether (sulfide) groups is 1. The number of rotatable bonds is 4. The number of nitrogens with one attached hydrogen (secondary N) is 1. The zero-order valence-corrected chi connectivity index (χ0v) is 12.2. The molecular formula is C14H26N2S. The van der Waals surface area contributed by atoms with Crippen LogP contribution in [0.1, 0.15) is 46.5 Å². The molecule has 0 saturated heterocycles. The summed E-state index contributed by atoms with van der Waals surface area (Å²) in [6.07, 6.45) is 5.53. The maximum Gasteiger partial charge on any atom is 0.156 e. The average molecular weight is 254 g/mol. The summed E-state index contributed by atoms with van der Waals surface area (Å²) in [5.74, 6) is 2.57. The summed E-state index contributed by atoms with van der Waals surface area (Å²) in [5, 5.41) is 5.49. The maximum absolute atomic E-state index is 4.62. The lowest BCUT2D eigenvalue weighted by atomic mass is 9.98. The molecule has 0 aromatic heterocycles. The molecule has 3 atom stereocenters. The summed E-state index contributed by atoms with van der Waals surface area (Å²) in [4.78, 5) is 4.62. The van der Waals surface area contributed by atoms with Gasteiger partial charge >= 0.3 is 0 Å². The van der Waals surface area contributed by atoms with Crippen molar-refractivity contribution < 1.29 is 0 Å². The van der Waals surface area contributed by atoms with E-state index in [1.807, 2.05) is 11.8 Å². The summed E-state index contributed by atoms with van der Waals surface area (Å²) < 4.78 is 0. The number of nitrogens with zero attached hydrogens (tertiary/aromatic N) is 1. The summed E-state index contributed by atoms with van der Waals surface area (Å²) in [6, 6.07) is 0. The fourth-order valence-corrected chi connectivity index (χ4v) is 4.17. The van der Waals surface area contributed by atoms with Gasteiger partial charge in [-0.2, -0.15) is 0 Å². The molecule has 0 aromatic rings. The topological polar surface area (TPSA) is 24.4 Å². The Morgan fingerprint density at radius 1 is 1.41 bits per heavy atom. The van der Waals surface area contributed by atoms with Gasteiger partial charge in [-0.3, -0.25) is 4.99 Å². The third kappa shape index (κ3) is 3.90. The van der Waals surface area contributed by atoms with E-state index in [0.29, 0.717) is 0 Å². The molecule has 0 aromatic carbocycles. The Labute approximate surface area is 110 Å². The lowest BCUT2D eigenvalue weighted by Crippen LogP contribution is -2.27. The third-order valence-corrected chi connectivity index (χ3v) is 5.18. The van der Waals surface area contributed by atoms with Crippen LogP contribution in [0.25, 0.3) is 0 Å². The molecule has 0 bridgehead atoms. The largest absolute Gasteiger partial charge is 0.365 e. The van der Waals surface area contributed by atoms with Crippen molar-refractivity contribution in [2.24, 2.45) is 22.7 Å². The Bertz CT molecular complexity index is 275. The van der Waals surface area contributed by atoms with Crippen molar-refractivity contribution in [3.8, 4) is 0 Å². The second-order valence-corrected chi connectivity index (χ2v) is 7.35. The van der Waals surface area contributed by atoms with Gasteiger partial charge in [0.25, 0.3) is 0 Å². The minimum Gasteiger partial charge on any atom is -0.365 e. The molecule has 2 rings (SSSR count). The zero-order valence-electron chi connectivity index (χ0n) is 11.4. The van der Waals surface area contributed by atoms with Gasteiger partial charge in [0.2, 0.25) is 0 Å². The van der Waals surface area contributed by atoms with Gasteiger partial charge in [0.05, 0.1) is 6.54 Å². The number of amidine groups is 1. The normalized spacial score (nSPS) is 33.2. The average Bonchev–Trinajstić information content (AvgIpc) is 2.84. The molecule has 0 radical (unpaired) electrons. The quantitative estimate of drug-likeness (QED) is 0.830. The van der Waals surface area contributed by atoms with Crippen LogP contribution in [-0.2, 0) is 0 Å². The highest BCUT2D eigenvalue weighted by molar-refractivity contribution is 8.14. The van der Waals surface area contributed by atoms with E-state index in [0.717, 1.165) is 36.1 Å². The summed E-state index contributed by atoms with van der Waals surface area (Å²) in [7, 11) is 0. The highest BCUT2D eigenvalue weighted by Gasteiger charge is 2.25. The molecule has 0 spiro atoms. The molecule has 2 aliphatic rings. The molecule has 1 aliphatic carbocycles. The molecular weight excluding hydrogens is 228 g/mol. The van der Waals surface area contributed by atoms with Crippen LogP contribution in [0, 0.1) is 17.8 Å². The Morgan fingerprint density at radius 2 is 2.24 bits per heavy atom. The van der Waals surface area contributed by atoms with Crippen LogP contribution < -0.4 is 5.32 Å². The molecule has 2 nitrogen and oxygen atoms in total. The molecule has 0 amide bonds. The minimum absolute atomic E-state index is 0.721. The number of hydrogen-bond acceptors (Lipinski definition) is 3. The molecule has 1 N–H and O–H groups in total. The van der Waals surface area contributed by atoms with E-state index in [9.17, 15) is 0 Å². The van der Waals surface area contributed by atoms with E-state index >= 15 is 0 Å². The third-order valence-electron chi connectivity index (χ3n) is 4.01. The highest BCUT2D eigenvalue weighted by Crippen LogP contribution is 2.31. The maximum atomic E-state index is 4.62. The van der Waals surface area contributed by atoms with Crippen molar-refractivity contribution in [3.05, 3.63) is 0 Å². The number of aliphatic imine (C=N–C) groups is 1. The van der Waals surface area contributed by atoms with Crippen molar-refractivity contribution in [3.63, 3.8) is 0 Å². The summed E-state index contributed by atoms with van der Waals surface area (Å²) in [5.41, 5.74) is 0. The van der Waals surface area contributed by atoms with Crippen molar-refractivity contribution in [1.29, 1.82) is 0 Å². The lowest BCUT2D eigenvalue weighted by Gasteiger charge is -2.17. The van der Waals surface area contributed by atoms with E-state index in [4.69, 9.17) is 0 Å². The van der Waals surface area contributed by atoms with Crippen LogP contribution in [0.15, 0.2) is 4.99 Å². The molecule has 17 heavy (non-hydrogen) atoms. The minimum atomic E-state index is 0.721. The first-order valence-corrected chi connectivity index (χ1v) is 7.98. The van der Waals surface area contributed by atoms with Crippen LogP contribution in [-0.4, -0.2) is 23.5 Å². The second kappa shape index (κ2) is 6.12. The monoisotopic (exact) mass is 254 g/mol. The lowest BCUT2D eigenvalue weighted by molar-refractivity contribution is 0.416. The molecule has 3 heteroatoms. The van der Waals surface area contributed by atoms with Crippen molar-refractivity contribution in [1.82, 2.24) is 5.32 Å². The summed E-state index contributed by atoms with van der Waals surface area (Å²) >= 11 is 1.96. The molecule has 1 aliphatic heterocycles. The highest BCUT2D eigenvalue weighted by atomic mass is 32.2. The van der Waals surface area contributed by atoms with Crippen LogP contribution in [0.5, 0.6) is 0 Å². The second-order valence-electron chi connectivity index (χ2n) is 6.06. The van der Waals surface area contributed by atoms with Crippen molar-refractivity contribution in [2.75, 3.05) is 13.1 Å². The molecule has 3 unspecified atom stereocenters. The molecule has 1 fully saturated rings.